The van der Waals surface area contributed by atoms with Crippen molar-refractivity contribution in [1.29, 1.82) is 0 Å². The van der Waals surface area contributed by atoms with Gasteiger partial charge in [0.25, 0.3) is 0 Å². The van der Waals surface area contributed by atoms with E-state index >= 15 is 0 Å². The van der Waals surface area contributed by atoms with Crippen LogP contribution >= 0.6 is 0 Å². The lowest BCUT2D eigenvalue weighted by molar-refractivity contribution is 0.680. The predicted octanol–water partition coefficient (Wildman–Crippen LogP) is 1.81. The summed E-state index contributed by atoms with van der Waals surface area (Å²) in [7, 11) is 0. The first-order chi connectivity index (χ1) is 5.36. The van der Waals surface area contributed by atoms with Gasteiger partial charge >= 0.3 is 5.78 Å². The first-order valence-electron chi connectivity index (χ1n) is 3.54. The van der Waals surface area contributed by atoms with Gasteiger partial charge in [-0.25, -0.2) is 0 Å². The van der Waals surface area contributed by atoms with Gasteiger partial charge in [-0.1, -0.05) is 24.3 Å². The lowest BCUT2D eigenvalue weighted by Gasteiger charge is -2.03. The van der Waals surface area contributed by atoms with E-state index in [1.54, 1.807) is 12.5 Å². The third kappa shape index (κ3) is 1.09. The minimum Gasteiger partial charge on any atom is -0.278 e. The molecule has 0 aliphatic heterocycles. The highest BCUT2D eigenvalue weighted by Crippen LogP contribution is 2.17. The van der Waals surface area contributed by atoms with Gasteiger partial charge in [-0.2, -0.15) is 0 Å². The maximum absolute atomic E-state index is 9.13. The Labute approximate surface area is 65.4 Å². The molecule has 0 saturated heterocycles. The lowest BCUT2D eigenvalue weighted by Crippen LogP contribution is -2.02. The fraction of sp³-hybridized carbons (Fsp3) is 0. The normalized spacial score (nSPS) is 14.7. The van der Waals surface area contributed by atoms with Crippen molar-refractivity contribution in [3.63, 3.8) is 0 Å². The summed E-state index contributed by atoms with van der Waals surface area (Å²) in [6.45, 7) is 0. The molecule has 1 aromatic rings. The summed E-state index contributed by atoms with van der Waals surface area (Å²) in [5.74, 6) is 0.323. The molecule has 53 valence electrons. The zero-order valence-corrected chi connectivity index (χ0v) is 5.99. The number of carbonyl (C=O) groups excluding carboxylic acids is 1. The Morgan fingerprint density at radius 2 is 1.64 bits per heavy atom. The molecule has 1 heteroatoms. The summed E-state index contributed by atoms with van der Waals surface area (Å²) >= 11 is 0. The predicted molar refractivity (Wildman–Crippen MR) is 45.8 cm³/mol. The van der Waals surface area contributed by atoms with Crippen molar-refractivity contribution < 1.29 is 4.79 Å². The van der Waals surface area contributed by atoms with Gasteiger partial charge in [-0.3, -0.25) is 4.79 Å². The average molecular weight is 144 g/mol. The molecule has 0 saturated carbocycles. The Hall–Kier alpha value is -1.37. The molecule has 0 atom stereocenters. The summed E-state index contributed by atoms with van der Waals surface area (Å²) in [6.07, 6.45) is 5.36. The monoisotopic (exact) mass is 144 g/mol. The van der Waals surface area contributed by atoms with Gasteiger partial charge in [0, 0.05) is 6.08 Å². The van der Waals surface area contributed by atoms with E-state index in [2.05, 4.69) is 0 Å². The van der Waals surface area contributed by atoms with Crippen molar-refractivity contribution in [2.75, 3.05) is 0 Å². The molecule has 0 amide bonds. The van der Waals surface area contributed by atoms with Crippen LogP contribution in [0, 0.1) is 6.42 Å². The molecule has 1 nitrogen and oxygen atoms in total. The quantitative estimate of drug-likeness (QED) is 0.495. The zero-order chi connectivity index (χ0) is 7.68. The standard InChI is InChI=1S/C10H7O/c11-10-6-5-8-3-1-2-4-9(8)7-10/h1-7H/p+1. The van der Waals surface area contributed by atoms with E-state index in [1.165, 1.54) is 0 Å². The highest BCUT2D eigenvalue weighted by molar-refractivity contribution is 6.06. The van der Waals surface area contributed by atoms with Gasteiger partial charge in [0.15, 0.2) is 0 Å². The minimum atomic E-state index is 0.323. The number of ketones is 1. The molecule has 0 heterocycles. The second kappa shape index (κ2) is 2.35. The van der Waals surface area contributed by atoms with Crippen LogP contribution in [-0.4, -0.2) is 10.6 Å². The third-order valence-corrected chi connectivity index (χ3v) is 1.73. The highest BCUT2D eigenvalue weighted by atomic mass is 16.1. The topological polar surface area (TPSA) is 21.4 Å². The summed E-state index contributed by atoms with van der Waals surface area (Å²) in [4.78, 5) is 9.13. The van der Waals surface area contributed by atoms with Gasteiger partial charge < -0.3 is 0 Å². The van der Waals surface area contributed by atoms with Crippen molar-refractivity contribution >= 4 is 11.9 Å². The zero-order valence-electron chi connectivity index (χ0n) is 5.99. The summed E-state index contributed by atoms with van der Waals surface area (Å²) in [5, 5.41) is 0. The average Bonchev–Trinajstić information content (AvgIpc) is 2.04. The number of hydrogen-bond acceptors (Lipinski definition) is 0. The van der Waals surface area contributed by atoms with E-state index in [0.29, 0.717) is 5.78 Å². The van der Waals surface area contributed by atoms with Crippen LogP contribution in [0.1, 0.15) is 11.1 Å². The molecule has 1 radical (unpaired) electrons. The van der Waals surface area contributed by atoms with Crippen LogP contribution in [-0.2, 0) is 0 Å². The Morgan fingerprint density at radius 1 is 0.909 bits per heavy atom. The summed E-state index contributed by atoms with van der Waals surface area (Å²) < 4.78 is 0. The van der Waals surface area contributed by atoms with Crippen LogP contribution in [0.2, 0.25) is 0 Å². The van der Waals surface area contributed by atoms with Gasteiger partial charge in [0.2, 0.25) is 0 Å². The van der Waals surface area contributed by atoms with Gasteiger partial charge in [0.05, 0.1) is 0 Å². The van der Waals surface area contributed by atoms with Gasteiger partial charge in [-0.15, -0.1) is 0 Å². The molecule has 2 rings (SSSR count). The molecule has 1 aliphatic rings. The van der Waals surface area contributed by atoms with Crippen LogP contribution in [0.25, 0.3) is 6.08 Å². The van der Waals surface area contributed by atoms with E-state index in [1.807, 2.05) is 30.3 Å². The number of rotatable bonds is 0. The lowest BCUT2D eigenvalue weighted by atomic mass is 9.97. The second-order valence-corrected chi connectivity index (χ2v) is 2.53. The van der Waals surface area contributed by atoms with Crippen molar-refractivity contribution in [2.45, 2.75) is 0 Å². The Morgan fingerprint density at radius 3 is 2.45 bits per heavy atom. The van der Waals surface area contributed by atoms with Crippen LogP contribution in [0.3, 0.4) is 0 Å². The number of benzene rings is 1. The number of allylic oxidation sites excluding steroid dienone is 1. The van der Waals surface area contributed by atoms with Crippen LogP contribution in [0.4, 0.5) is 0 Å². The first kappa shape index (κ1) is 6.35. The van der Waals surface area contributed by atoms with Crippen molar-refractivity contribution in [3.8, 4) is 0 Å². The number of fused-ring (bicyclic) bond motifs is 1. The molecule has 1 aliphatic carbocycles. The van der Waals surface area contributed by atoms with Crippen LogP contribution in [0.5, 0.6) is 0 Å². The van der Waals surface area contributed by atoms with Crippen LogP contribution < -0.4 is 0 Å². The van der Waals surface area contributed by atoms with Gasteiger partial charge in [0.1, 0.15) is 6.42 Å². The molecule has 11 heavy (non-hydrogen) atoms. The van der Waals surface area contributed by atoms with E-state index < -0.39 is 0 Å². The minimum absolute atomic E-state index is 0.323. The van der Waals surface area contributed by atoms with Crippen LogP contribution in [0.15, 0.2) is 30.3 Å². The summed E-state index contributed by atoms with van der Waals surface area (Å²) in [5.41, 5.74) is 2.23. The fourth-order valence-corrected chi connectivity index (χ4v) is 1.18. The molecule has 0 spiro atoms. The molecule has 1 aromatic carbocycles. The van der Waals surface area contributed by atoms with E-state index in [0.717, 1.165) is 11.1 Å². The van der Waals surface area contributed by atoms with E-state index in [9.17, 15) is 0 Å². The van der Waals surface area contributed by atoms with E-state index in [4.69, 9.17) is 4.79 Å². The molecule has 1 N–H and O–H groups in total. The number of hydrogen-bond donors (Lipinski definition) is 0. The largest absolute Gasteiger partial charge is 0.325 e. The van der Waals surface area contributed by atoms with Crippen molar-refractivity contribution in [3.05, 3.63) is 47.9 Å². The summed E-state index contributed by atoms with van der Waals surface area (Å²) in [6, 6.07) is 7.95. The highest BCUT2D eigenvalue weighted by Gasteiger charge is 2.13. The smallest absolute Gasteiger partial charge is 0.278 e. The van der Waals surface area contributed by atoms with E-state index in [-0.39, 0.29) is 0 Å². The molecule has 0 bridgehead atoms. The Balaban J connectivity index is 2.54. The maximum atomic E-state index is 9.13. The maximum Gasteiger partial charge on any atom is 0.325 e. The molecule has 0 aromatic heterocycles. The SMILES string of the molecule is [OH+]=C1[CH]c2ccccc2C=C1. The Bertz CT molecular complexity index is 323. The first-order valence-corrected chi connectivity index (χ1v) is 3.54. The third-order valence-electron chi connectivity index (χ3n) is 1.73. The molecular weight excluding hydrogens is 136 g/mol. The van der Waals surface area contributed by atoms with Crippen molar-refractivity contribution in [1.82, 2.24) is 0 Å². The van der Waals surface area contributed by atoms with Crippen molar-refractivity contribution in [2.24, 2.45) is 0 Å². The molecule has 0 fully saturated rings. The molecular formula is C10H8O+. The fourth-order valence-electron chi connectivity index (χ4n) is 1.18. The second-order valence-electron chi connectivity index (χ2n) is 2.53. The van der Waals surface area contributed by atoms with Gasteiger partial charge in [-0.05, 0) is 17.2 Å². The Kier molecular flexibility index (Phi) is 1.35. The molecule has 0 unspecified atom stereocenters.